The zero-order valence-corrected chi connectivity index (χ0v) is 16.9. The predicted molar refractivity (Wildman–Crippen MR) is 111 cm³/mol. The van der Waals surface area contributed by atoms with Crippen molar-refractivity contribution in [2.45, 2.75) is 10.8 Å². The molecule has 0 saturated carbocycles. The Bertz CT molecular complexity index is 1090. The number of carbonyl (C=O) groups is 2. The molecular formula is C21H17ClN4O2S. The molecule has 1 aromatic heterocycles. The third-order valence-electron chi connectivity index (χ3n) is 5.46. The maximum absolute atomic E-state index is 13.3. The standard InChI is InChI=1S/C21H17ClN4O2S/c22-15-7-5-14(6-8-15)21-17-4-2-1-3-16(17)19(28)26(21)12-11-25(21)18(27)13-29-20-23-9-10-24-20/h1-10H,11-13H2,(H,23,24). The number of benzene rings is 2. The van der Waals surface area contributed by atoms with Gasteiger partial charge < -0.3 is 14.8 Å². The van der Waals surface area contributed by atoms with Gasteiger partial charge in [0, 0.05) is 47.2 Å². The molecule has 2 aliphatic heterocycles. The van der Waals surface area contributed by atoms with Gasteiger partial charge in [0.25, 0.3) is 5.91 Å². The van der Waals surface area contributed by atoms with Crippen molar-refractivity contribution in [1.29, 1.82) is 0 Å². The normalized spacial score (nSPS) is 20.1. The number of nitrogens with zero attached hydrogens (tertiary/aromatic N) is 3. The molecule has 2 aliphatic rings. The van der Waals surface area contributed by atoms with Crippen molar-refractivity contribution in [3.05, 3.63) is 82.6 Å². The van der Waals surface area contributed by atoms with Gasteiger partial charge in [0.2, 0.25) is 5.91 Å². The summed E-state index contributed by atoms with van der Waals surface area (Å²) in [6.07, 6.45) is 3.39. The fourth-order valence-electron chi connectivity index (χ4n) is 4.32. The van der Waals surface area contributed by atoms with Crippen LogP contribution in [0.3, 0.4) is 0 Å². The first-order chi connectivity index (χ1) is 14.1. The maximum atomic E-state index is 13.3. The van der Waals surface area contributed by atoms with E-state index in [0.717, 1.165) is 11.1 Å². The molecule has 3 aromatic rings. The van der Waals surface area contributed by atoms with Crippen LogP contribution in [0.5, 0.6) is 0 Å². The summed E-state index contributed by atoms with van der Waals surface area (Å²) in [6.45, 7) is 0.952. The number of imidazole rings is 1. The average Bonchev–Trinajstić information content (AvgIpc) is 3.44. The predicted octanol–water partition coefficient (Wildman–Crippen LogP) is 3.35. The second-order valence-corrected chi connectivity index (χ2v) is 8.31. The van der Waals surface area contributed by atoms with Crippen LogP contribution in [0.25, 0.3) is 0 Å². The lowest BCUT2D eigenvalue weighted by Gasteiger charge is -2.40. The van der Waals surface area contributed by atoms with Crippen LogP contribution in [0.1, 0.15) is 21.5 Å². The van der Waals surface area contributed by atoms with Crippen molar-refractivity contribution in [2.24, 2.45) is 0 Å². The van der Waals surface area contributed by atoms with Crippen LogP contribution in [0.15, 0.2) is 66.1 Å². The van der Waals surface area contributed by atoms with E-state index in [4.69, 9.17) is 11.6 Å². The highest BCUT2D eigenvalue weighted by molar-refractivity contribution is 7.99. The maximum Gasteiger partial charge on any atom is 0.256 e. The fraction of sp³-hybridized carbons (Fsp3) is 0.190. The fourth-order valence-corrected chi connectivity index (χ4v) is 5.15. The molecule has 8 heteroatoms. The summed E-state index contributed by atoms with van der Waals surface area (Å²) in [6, 6.07) is 14.9. The van der Waals surface area contributed by atoms with Crippen molar-refractivity contribution in [2.75, 3.05) is 18.8 Å². The Kier molecular flexibility index (Phi) is 4.37. The zero-order valence-electron chi connectivity index (χ0n) is 15.3. The minimum Gasteiger partial charge on any atom is -0.340 e. The van der Waals surface area contributed by atoms with E-state index in [2.05, 4.69) is 9.97 Å². The number of H-pyrrole nitrogens is 1. The summed E-state index contributed by atoms with van der Waals surface area (Å²) in [5, 5.41) is 1.30. The number of aromatic nitrogens is 2. The number of halogens is 1. The van der Waals surface area contributed by atoms with Crippen molar-refractivity contribution >= 4 is 35.2 Å². The molecule has 1 saturated heterocycles. The topological polar surface area (TPSA) is 69.3 Å². The Hall–Kier alpha value is -2.77. The molecule has 146 valence electrons. The van der Waals surface area contributed by atoms with Crippen molar-refractivity contribution in [3.63, 3.8) is 0 Å². The van der Waals surface area contributed by atoms with Crippen LogP contribution in [0.2, 0.25) is 5.02 Å². The van der Waals surface area contributed by atoms with E-state index in [0.29, 0.717) is 28.8 Å². The minimum atomic E-state index is -0.945. The second-order valence-electron chi connectivity index (χ2n) is 6.91. The van der Waals surface area contributed by atoms with E-state index in [-0.39, 0.29) is 17.6 Å². The number of nitrogens with one attached hydrogen (secondary N) is 1. The number of carbonyl (C=O) groups excluding carboxylic acids is 2. The Morgan fingerprint density at radius 3 is 2.72 bits per heavy atom. The molecule has 3 heterocycles. The van der Waals surface area contributed by atoms with E-state index < -0.39 is 5.66 Å². The van der Waals surface area contributed by atoms with Crippen LogP contribution in [0, 0.1) is 0 Å². The van der Waals surface area contributed by atoms with Crippen LogP contribution in [-0.4, -0.2) is 50.4 Å². The highest BCUT2D eigenvalue weighted by Gasteiger charge is 2.59. The molecule has 1 atom stereocenters. The van der Waals surface area contributed by atoms with Gasteiger partial charge in [-0.25, -0.2) is 4.98 Å². The van der Waals surface area contributed by atoms with E-state index >= 15 is 0 Å². The van der Waals surface area contributed by atoms with E-state index in [1.54, 1.807) is 29.4 Å². The molecule has 0 spiro atoms. The van der Waals surface area contributed by atoms with Gasteiger partial charge in [0.1, 0.15) is 0 Å². The first-order valence-electron chi connectivity index (χ1n) is 9.22. The molecule has 0 bridgehead atoms. The molecule has 6 nitrogen and oxygen atoms in total. The number of thioether (sulfide) groups is 1. The van der Waals surface area contributed by atoms with E-state index in [1.807, 2.05) is 41.3 Å². The monoisotopic (exact) mass is 424 g/mol. The van der Waals surface area contributed by atoms with Gasteiger partial charge in [-0.3, -0.25) is 9.59 Å². The molecule has 0 aliphatic carbocycles. The summed E-state index contributed by atoms with van der Waals surface area (Å²) in [5.74, 6) is 0.130. The number of rotatable bonds is 4. The first-order valence-corrected chi connectivity index (χ1v) is 10.6. The third-order valence-corrected chi connectivity index (χ3v) is 6.60. The molecule has 5 rings (SSSR count). The number of fused-ring (bicyclic) bond motifs is 3. The molecule has 2 amide bonds. The van der Waals surface area contributed by atoms with Gasteiger partial charge in [-0.05, 0) is 18.2 Å². The van der Waals surface area contributed by atoms with Crippen LogP contribution in [0.4, 0.5) is 0 Å². The zero-order chi connectivity index (χ0) is 20.0. The molecule has 29 heavy (non-hydrogen) atoms. The quantitative estimate of drug-likeness (QED) is 0.652. The summed E-state index contributed by atoms with van der Waals surface area (Å²) < 4.78 is 0. The van der Waals surface area contributed by atoms with Gasteiger partial charge in [-0.1, -0.05) is 53.7 Å². The summed E-state index contributed by atoms with van der Waals surface area (Å²) in [7, 11) is 0. The average molecular weight is 425 g/mol. The number of amides is 2. The van der Waals surface area contributed by atoms with Crippen LogP contribution < -0.4 is 0 Å². The smallest absolute Gasteiger partial charge is 0.256 e. The van der Waals surface area contributed by atoms with Gasteiger partial charge in [-0.15, -0.1) is 0 Å². The lowest BCUT2D eigenvalue weighted by atomic mass is 9.90. The highest BCUT2D eigenvalue weighted by Crippen LogP contribution is 2.49. The molecule has 2 aromatic carbocycles. The highest BCUT2D eigenvalue weighted by atomic mass is 35.5. The SMILES string of the molecule is O=C(CSc1ncc[nH]1)N1CCN2C(=O)c3ccccc3C12c1ccc(Cl)cc1. The Morgan fingerprint density at radius 2 is 1.97 bits per heavy atom. The van der Waals surface area contributed by atoms with Crippen LogP contribution in [-0.2, 0) is 10.5 Å². The van der Waals surface area contributed by atoms with Crippen LogP contribution >= 0.6 is 23.4 Å². The van der Waals surface area contributed by atoms with Gasteiger partial charge >= 0.3 is 0 Å². The number of hydrogen-bond donors (Lipinski definition) is 1. The van der Waals surface area contributed by atoms with Crippen molar-refractivity contribution < 1.29 is 9.59 Å². The lowest BCUT2D eigenvalue weighted by molar-refractivity contribution is -0.133. The van der Waals surface area contributed by atoms with Crippen molar-refractivity contribution in [1.82, 2.24) is 19.8 Å². The molecule has 1 fully saturated rings. The van der Waals surface area contributed by atoms with Gasteiger partial charge in [0.15, 0.2) is 10.8 Å². The van der Waals surface area contributed by atoms with Crippen molar-refractivity contribution in [3.8, 4) is 0 Å². The summed E-state index contributed by atoms with van der Waals surface area (Å²) >= 11 is 7.47. The summed E-state index contributed by atoms with van der Waals surface area (Å²) in [5.41, 5.74) is 1.38. The Morgan fingerprint density at radius 1 is 1.17 bits per heavy atom. The van der Waals surface area contributed by atoms with E-state index in [9.17, 15) is 9.59 Å². The largest absolute Gasteiger partial charge is 0.340 e. The molecular weight excluding hydrogens is 408 g/mol. The Balaban J connectivity index is 1.61. The van der Waals surface area contributed by atoms with Gasteiger partial charge in [-0.2, -0.15) is 0 Å². The first kappa shape index (κ1) is 18.3. The number of aromatic amines is 1. The number of hydrogen-bond acceptors (Lipinski definition) is 4. The third kappa shape index (κ3) is 2.68. The van der Waals surface area contributed by atoms with Gasteiger partial charge in [0.05, 0.1) is 5.75 Å². The van der Waals surface area contributed by atoms with E-state index in [1.165, 1.54) is 11.8 Å². The lowest BCUT2D eigenvalue weighted by Crippen LogP contribution is -2.52. The Labute approximate surface area is 176 Å². The minimum absolute atomic E-state index is 0.0478. The molecule has 0 radical (unpaired) electrons. The second kappa shape index (κ2) is 6.93. The molecule has 1 unspecified atom stereocenters. The molecule has 1 N–H and O–H groups in total. The summed E-state index contributed by atoms with van der Waals surface area (Å²) in [4.78, 5) is 37.3.